The number of carbonyl (C=O) groups excluding carboxylic acids is 1. The van der Waals surface area contributed by atoms with Crippen LogP contribution in [0.5, 0.6) is 0 Å². The number of nitrogens with zero attached hydrogens (tertiary/aromatic N) is 3. The Morgan fingerprint density at radius 3 is 2.35 bits per heavy atom. The molecule has 0 radical (unpaired) electrons. The minimum absolute atomic E-state index is 0.316. The third-order valence-electron chi connectivity index (χ3n) is 4.87. The summed E-state index contributed by atoms with van der Waals surface area (Å²) < 4.78 is 0. The van der Waals surface area contributed by atoms with Crippen LogP contribution in [-0.2, 0) is 4.79 Å². The van der Waals surface area contributed by atoms with E-state index < -0.39 is 0 Å². The van der Waals surface area contributed by atoms with Crippen molar-refractivity contribution in [2.75, 3.05) is 52.9 Å². The van der Waals surface area contributed by atoms with Crippen LogP contribution in [0.25, 0.3) is 0 Å². The Morgan fingerprint density at radius 2 is 1.74 bits per heavy atom. The number of rotatable bonds is 6. The number of guanidine groups is 1. The largest absolute Gasteiger partial charge is 0.356 e. The fourth-order valence-corrected chi connectivity index (χ4v) is 3.42. The van der Waals surface area contributed by atoms with Crippen molar-refractivity contribution < 1.29 is 4.79 Å². The maximum atomic E-state index is 12.4. The number of piperazine rings is 1. The average Bonchev–Trinajstić information content (AvgIpc) is 3.12. The van der Waals surface area contributed by atoms with E-state index in [4.69, 9.17) is 0 Å². The minimum Gasteiger partial charge on any atom is -0.356 e. The lowest BCUT2D eigenvalue weighted by Crippen LogP contribution is -2.51. The van der Waals surface area contributed by atoms with E-state index in [-0.39, 0.29) is 0 Å². The molecule has 132 valence electrons. The molecule has 2 rings (SSSR count). The number of aliphatic imine (C=N–C) groups is 1. The van der Waals surface area contributed by atoms with Gasteiger partial charge in [-0.3, -0.25) is 14.7 Å². The molecule has 1 heterocycles. The first-order valence-electron chi connectivity index (χ1n) is 9.20. The van der Waals surface area contributed by atoms with Crippen LogP contribution in [0.15, 0.2) is 4.99 Å². The molecule has 2 N–H and O–H groups in total. The molecule has 23 heavy (non-hydrogen) atoms. The molecule has 1 saturated heterocycles. The van der Waals surface area contributed by atoms with Crippen LogP contribution in [0.4, 0.5) is 0 Å². The van der Waals surface area contributed by atoms with Crippen molar-refractivity contribution >= 4 is 11.9 Å². The molecular formula is C17H33N5O. The van der Waals surface area contributed by atoms with Crippen molar-refractivity contribution in [3.63, 3.8) is 0 Å². The van der Waals surface area contributed by atoms with E-state index in [0.29, 0.717) is 11.8 Å². The van der Waals surface area contributed by atoms with E-state index in [9.17, 15) is 4.79 Å². The number of amides is 1. The summed E-state index contributed by atoms with van der Waals surface area (Å²) in [6, 6.07) is 0. The number of hydrogen-bond donors (Lipinski definition) is 2. The Morgan fingerprint density at radius 1 is 1.09 bits per heavy atom. The maximum Gasteiger partial charge on any atom is 0.225 e. The van der Waals surface area contributed by atoms with Crippen LogP contribution in [0.2, 0.25) is 0 Å². The number of carbonyl (C=O) groups is 1. The molecule has 0 bridgehead atoms. The fourth-order valence-electron chi connectivity index (χ4n) is 3.42. The summed E-state index contributed by atoms with van der Waals surface area (Å²) in [6.45, 7) is 8.73. The van der Waals surface area contributed by atoms with Gasteiger partial charge in [-0.05, 0) is 19.3 Å². The van der Waals surface area contributed by atoms with Gasteiger partial charge in [0.05, 0.1) is 0 Å². The molecule has 0 spiro atoms. The van der Waals surface area contributed by atoms with Gasteiger partial charge in [0.2, 0.25) is 5.91 Å². The Bertz CT molecular complexity index is 384. The molecule has 1 saturated carbocycles. The van der Waals surface area contributed by atoms with Gasteiger partial charge >= 0.3 is 0 Å². The predicted molar refractivity (Wildman–Crippen MR) is 94.6 cm³/mol. The molecule has 0 aromatic carbocycles. The highest BCUT2D eigenvalue weighted by Crippen LogP contribution is 2.26. The lowest BCUT2D eigenvalue weighted by atomic mass is 10.1. The normalized spacial score (nSPS) is 20.8. The lowest BCUT2D eigenvalue weighted by Gasteiger charge is -2.36. The lowest BCUT2D eigenvalue weighted by molar-refractivity contribution is -0.137. The Labute approximate surface area is 140 Å². The van der Waals surface area contributed by atoms with E-state index in [1.807, 2.05) is 0 Å². The molecule has 1 aliphatic carbocycles. The molecule has 0 aromatic rings. The highest BCUT2D eigenvalue weighted by Gasteiger charge is 2.29. The molecule has 1 amide bonds. The van der Waals surface area contributed by atoms with E-state index in [1.54, 1.807) is 7.05 Å². The molecule has 0 aromatic heterocycles. The van der Waals surface area contributed by atoms with Crippen LogP contribution in [0.3, 0.4) is 0 Å². The van der Waals surface area contributed by atoms with Gasteiger partial charge < -0.3 is 15.5 Å². The van der Waals surface area contributed by atoms with Crippen LogP contribution < -0.4 is 10.6 Å². The second-order valence-electron chi connectivity index (χ2n) is 6.57. The van der Waals surface area contributed by atoms with Crippen LogP contribution in [0.1, 0.15) is 39.0 Å². The maximum absolute atomic E-state index is 12.4. The highest BCUT2D eigenvalue weighted by molar-refractivity contribution is 5.79. The van der Waals surface area contributed by atoms with Crippen molar-refractivity contribution in [1.82, 2.24) is 20.4 Å². The van der Waals surface area contributed by atoms with Crippen molar-refractivity contribution in [1.29, 1.82) is 0 Å². The van der Waals surface area contributed by atoms with E-state index in [2.05, 4.69) is 32.3 Å². The average molecular weight is 323 g/mol. The number of nitrogens with one attached hydrogen (secondary N) is 2. The topological polar surface area (TPSA) is 60.0 Å². The van der Waals surface area contributed by atoms with Crippen molar-refractivity contribution in [3.8, 4) is 0 Å². The molecule has 0 atom stereocenters. The zero-order valence-electron chi connectivity index (χ0n) is 14.8. The molecule has 1 aliphatic heterocycles. The van der Waals surface area contributed by atoms with Gasteiger partial charge in [-0.1, -0.05) is 19.8 Å². The molecule has 6 heteroatoms. The van der Waals surface area contributed by atoms with Crippen LogP contribution in [0, 0.1) is 5.92 Å². The molecule has 2 fully saturated rings. The fraction of sp³-hybridized carbons (Fsp3) is 0.882. The summed E-state index contributed by atoms with van der Waals surface area (Å²) >= 11 is 0. The standard InChI is InChI=1S/C17H33N5O/c1-3-8-19-17(18-2)20-9-10-21-11-13-22(14-12-21)16(23)15-6-4-5-7-15/h15H,3-14H2,1-2H3,(H2,18,19,20). The second-order valence-corrected chi connectivity index (χ2v) is 6.57. The Kier molecular flexibility index (Phi) is 7.65. The van der Waals surface area contributed by atoms with E-state index in [0.717, 1.165) is 71.0 Å². The molecule has 2 aliphatic rings. The van der Waals surface area contributed by atoms with Gasteiger partial charge in [-0.2, -0.15) is 0 Å². The SMILES string of the molecule is CCCNC(=NC)NCCN1CCN(C(=O)C2CCCC2)CC1. The van der Waals surface area contributed by atoms with E-state index >= 15 is 0 Å². The number of hydrogen-bond acceptors (Lipinski definition) is 3. The summed E-state index contributed by atoms with van der Waals surface area (Å²) in [5, 5.41) is 6.62. The van der Waals surface area contributed by atoms with Crippen molar-refractivity contribution in [3.05, 3.63) is 0 Å². The van der Waals surface area contributed by atoms with Crippen LogP contribution >= 0.6 is 0 Å². The van der Waals surface area contributed by atoms with E-state index in [1.165, 1.54) is 12.8 Å². The summed E-state index contributed by atoms with van der Waals surface area (Å²) in [7, 11) is 1.80. The first-order chi connectivity index (χ1) is 11.2. The van der Waals surface area contributed by atoms with Crippen molar-refractivity contribution in [2.45, 2.75) is 39.0 Å². The van der Waals surface area contributed by atoms with Gasteiger partial charge in [0.15, 0.2) is 5.96 Å². The Balaban J connectivity index is 1.62. The zero-order valence-corrected chi connectivity index (χ0v) is 14.8. The van der Waals surface area contributed by atoms with Gasteiger partial charge in [0, 0.05) is 58.8 Å². The van der Waals surface area contributed by atoms with Gasteiger partial charge in [0.1, 0.15) is 0 Å². The zero-order chi connectivity index (χ0) is 16.5. The third kappa shape index (κ3) is 5.68. The molecular weight excluding hydrogens is 290 g/mol. The summed E-state index contributed by atoms with van der Waals surface area (Å²) in [4.78, 5) is 21.1. The highest BCUT2D eigenvalue weighted by atomic mass is 16.2. The first-order valence-corrected chi connectivity index (χ1v) is 9.20. The summed E-state index contributed by atoms with van der Waals surface area (Å²) in [5.41, 5.74) is 0. The molecule has 6 nitrogen and oxygen atoms in total. The second kappa shape index (κ2) is 9.75. The predicted octanol–water partition coefficient (Wildman–Crippen LogP) is 0.896. The summed E-state index contributed by atoms with van der Waals surface area (Å²) in [6.07, 6.45) is 5.77. The quantitative estimate of drug-likeness (QED) is 0.563. The van der Waals surface area contributed by atoms with Gasteiger partial charge in [-0.15, -0.1) is 0 Å². The van der Waals surface area contributed by atoms with Gasteiger partial charge in [-0.25, -0.2) is 0 Å². The van der Waals surface area contributed by atoms with Gasteiger partial charge in [0.25, 0.3) is 0 Å². The Hall–Kier alpha value is -1.30. The van der Waals surface area contributed by atoms with Crippen molar-refractivity contribution in [2.24, 2.45) is 10.9 Å². The first kappa shape index (κ1) is 18.0. The monoisotopic (exact) mass is 323 g/mol. The summed E-state index contributed by atoms with van der Waals surface area (Å²) in [5.74, 6) is 1.60. The smallest absolute Gasteiger partial charge is 0.225 e. The third-order valence-corrected chi connectivity index (χ3v) is 4.87. The van der Waals surface area contributed by atoms with Crippen LogP contribution in [-0.4, -0.2) is 74.5 Å². The molecule has 0 unspecified atom stereocenters. The minimum atomic E-state index is 0.316.